The third-order valence-electron chi connectivity index (χ3n) is 2.48. The quantitative estimate of drug-likeness (QED) is 0.649. The molecule has 16 heavy (non-hydrogen) atoms. The van der Waals surface area contributed by atoms with Crippen molar-refractivity contribution in [2.24, 2.45) is 0 Å². The van der Waals surface area contributed by atoms with Gasteiger partial charge in [0.2, 0.25) is 0 Å². The number of carboxylic acid groups (broad SMARTS) is 1. The molecule has 0 radical (unpaired) electrons. The van der Waals surface area contributed by atoms with Gasteiger partial charge >= 0.3 is 12.0 Å². The van der Waals surface area contributed by atoms with Gasteiger partial charge in [0.05, 0.1) is 6.10 Å². The molecule has 1 aliphatic heterocycles. The monoisotopic (exact) mass is 230 g/mol. The highest BCUT2D eigenvalue weighted by Gasteiger charge is 2.17. The van der Waals surface area contributed by atoms with Gasteiger partial charge in [0.25, 0.3) is 0 Å². The maximum absolute atomic E-state index is 11.3. The van der Waals surface area contributed by atoms with Crippen LogP contribution < -0.4 is 10.6 Å². The molecule has 0 spiro atoms. The van der Waals surface area contributed by atoms with Crippen LogP contribution in [0.25, 0.3) is 0 Å². The van der Waals surface area contributed by atoms with Crippen molar-refractivity contribution in [2.75, 3.05) is 13.2 Å². The van der Waals surface area contributed by atoms with Crippen LogP contribution in [0.4, 0.5) is 4.79 Å². The van der Waals surface area contributed by atoms with Crippen LogP contribution in [0.15, 0.2) is 0 Å². The fraction of sp³-hybridized carbons (Fsp3) is 0.800. The van der Waals surface area contributed by atoms with E-state index >= 15 is 0 Å². The molecule has 3 N–H and O–H groups in total. The highest BCUT2D eigenvalue weighted by atomic mass is 16.5. The number of carbonyl (C=O) groups is 2. The van der Waals surface area contributed by atoms with Crippen LogP contribution in [-0.4, -0.2) is 42.4 Å². The number of amides is 2. The van der Waals surface area contributed by atoms with E-state index in [1.165, 1.54) is 6.92 Å². The van der Waals surface area contributed by atoms with E-state index in [-0.39, 0.29) is 6.10 Å². The second-order valence-electron chi connectivity index (χ2n) is 3.90. The number of carboxylic acids is 1. The molecule has 1 fully saturated rings. The van der Waals surface area contributed by atoms with Crippen LogP contribution in [0.5, 0.6) is 0 Å². The van der Waals surface area contributed by atoms with Crippen LogP contribution in [0.1, 0.15) is 26.2 Å². The summed E-state index contributed by atoms with van der Waals surface area (Å²) in [5.74, 6) is -1.05. The molecule has 0 bridgehead atoms. The molecule has 0 aromatic rings. The first-order valence-electron chi connectivity index (χ1n) is 5.48. The molecule has 0 aromatic carbocycles. The average Bonchev–Trinajstić information content (AvgIpc) is 2.27. The molecular formula is C10H18N2O4. The number of ether oxygens (including phenoxy) is 1. The first-order chi connectivity index (χ1) is 7.59. The first-order valence-corrected chi connectivity index (χ1v) is 5.48. The molecule has 6 heteroatoms. The zero-order valence-corrected chi connectivity index (χ0v) is 9.36. The molecule has 1 heterocycles. The van der Waals surface area contributed by atoms with Crippen LogP contribution >= 0.6 is 0 Å². The Kier molecular flexibility index (Phi) is 5.04. The van der Waals surface area contributed by atoms with Gasteiger partial charge in [-0.3, -0.25) is 4.79 Å². The number of carbonyl (C=O) groups excluding carboxylic acids is 1. The molecule has 2 atom stereocenters. The molecule has 2 amide bonds. The summed E-state index contributed by atoms with van der Waals surface area (Å²) in [6, 6.07) is -1.35. The van der Waals surface area contributed by atoms with Crippen molar-refractivity contribution in [1.29, 1.82) is 0 Å². The van der Waals surface area contributed by atoms with Crippen molar-refractivity contribution >= 4 is 12.0 Å². The molecule has 1 aliphatic rings. The van der Waals surface area contributed by atoms with E-state index in [4.69, 9.17) is 9.84 Å². The van der Waals surface area contributed by atoms with Gasteiger partial charge in [-0.2, -0.15) is 0 Å². The maximum atomic E-state index is 11.3. The Hall–Kier alpha value is -1.30. The number of hydrogen-bond donors (Lipinski definition) is 3. The summed E-state index contributed by atoms with van der Waals surface area (Å²) in [4.78, 5) is 21.7. The Morgan fingerprint density at radius 2 is 2.25 bits per heavy atom. The maximum Gasteiger partial charge on any atom is 0.325 e. The van der Waals surface area contributed by atoms with Crippen molar-refractivity contribution in [3.8, 4) is 0 Å². The summed E-state index contributed by atoms with van der Waals surface area (Å²) in [6.07, 6.45) is 3.17. The number of aliphatic carboxylic acids is 1. The number of rotatable bonds is 4. The number of nitrogens with one attached hydrogen (secondary N) is 2. The summed E-state index contributed by atoms with van der Waals surface area (Å²) in [7, 11) is 0. The van der Waals surface area contributed by atoms with E-state index in [9.17, 15) is 9.59 Å². The van der Waals surface area contributed by atoms with Gasteiger partial charge in [-0.1, -0.05) is 0 Å². The van der Waals surface area contributed by atoms with E-state index < -0.39 is 18.0 Å². The molecule has 1 saturated heterocycles. The lowest BCUT2D eigenvalue weighted by Gasteiger charge is -2.23. The smallest absolute Gasteiger partial charge is 0.325 e. The fourth-order valence-electron chi connectivity index (χ4n) is 1.48. The minimum atomic E-state index is -1.05. The van der Waals surface area contributed by atoms with Gasteiger partial charge in [-0.25, -0.2) is 4.79 Å². The van der Waals surface area contributed by atoms with Crippen LogP contribution in [0.3, 0.4) is 0 Å². The average molecular weight is 230 g/mol. The molecule has 0 aliphatic carbocycles. The zero-order valence-electron chi connectivity index (χ0n) is 9.36. The largest absolute Gasteiger partial charge is 0.480 e. The summed E-state index contributed by atoms with van der Waals surface area (Å²) in [6.45, 7) is 2.58. The van der Waals surface area contributed by atoms with Crippen LogP contribution in [-0.2, 0) is 9.53 Å². The molecule has 92 valence electrons. The van der Waals surface area contributed by atoms with Gasteiger partial charge < -0.3 is 20.5 Å². The van der Waals surface area contributed by atoms with Gasteiger partial charge in [-0.05, 0) is 26.2 Å². The van der Waals surface area contributed by atoms with E-state index in [0.29, 0.717) is 6.54 Å². The predicted molar refractivity (Wildman–Crippen MR) is 57.2 cm³/mol. The van der Waals surface area contributed by atoms with Crippen molar-refractivity contribution in [3.63, 3.8) is 0 Å². The SMILES string of the molecule is CC(NC(=O)NCC1CCCCO1)C(=O)O. The van der Waals surface area contributed by atoms with E-state index in [1.807, 2.05) is 0 Å². The van der Waals surface area contributed by atoms with Gasteiger partial charge in [0.15, 0.2) is 0 Å². The van der Waals surface area contributed by atoms with Gasteiger partial charge in [0, 0.05) is 13.2 Å². The molecule has 0 saturated carbocycles. The minimum Gasteiger partial charge on any atom is -0.480 e. The van der Waals surface area contributed by atoms with Crippen molar-refractivity contribution in [3.05, 3.63) is 0 Å². The third-order valence-corrected chi connectivity index (χ3v) is 2.48. The Balaban J connectivity index is 2.16. The molecule has 6 nitrogen and oxygen atoms in total. The molecular weight excluding hydrogens is 212 g/mol. The lowest BCUT2D eigenvalue weighted by Crippen LogP contribution is -2.46. The second kappa shape index (κ2) is 6.32. The zero-order chi connectivity index (χ0) is 12.0. The number of hydrogen-bond acceptors (Lipinski definition) is 3. The van der Waals surface area contributed by atoms with Crippen molar-refractivity contribution in [2.45, 2.75) is 38.3 Å². The topological polar surface area (TPSA) is 87.7 Å². The summed E-state index contributed by atoms with van der Waals surface area (Å²) >= 11 is 0. The Morgan fingerprint density at radius 1 is 1.50 bits per heavy atom. The number of urea groups is 1. The lowest BCUT2D eigenvalue weighted by molar-refractivity contribution is -0.138. The van der Waals surface area contributed by atoms with Gasteiger partial charge in [-0.15, -0.1) is 0 Å². The minimum absolute atomic E-state index is 0.0552. The fourth-order valence-corrected chi connectivity index (χ4v) is 1.48. The standard InChI is InChI=1S/C10H18N2O4/c1-7(9(13)14)12-10(15)11-6-8-4-2-3-5-16-8/h7-8H,2-6H2,1H3,(H,13,14)(H2,11,12,15). The molecule has 2 unspecified atom stereocenters. The van der Waals surface area contributed by atoms with Crippen LogP contribution in [0, 0.1) is 0 Å². The normalized spacial score (nSPS) is 22.2. The summed E-state index contributed by atoms with van der Waals surface area (Å²) in [5.41, 5.74) is 0. The highest BCUT2D eigenvalue weighted by Crippen LogP contribution is 2.11. The van der Waals surface area contributed by atoms with E-state index in [2.05, 4.69) is 10.6 Å². The van der Waals surface area contributed by atoms with Gasteiger partial charge in [0.1, 0.15) is 6.04 Å². The predicted octanol–water partition coefficient (Wildman–Crippen LogP) is 0.328. The van der Waals surface area contributed by atoms with Crippen molar-refractivity contribution < 1.29 is 19.4 Å². The third kappa shape index (κ3) is 4.48. The van der Waals surface area contributed by atoms with Crippen LogP contribution in [0.2, 0.25) is 0 Å². The first kappa shape index (κ1) is 12.8. The molecule has 1 rings (SSSR count). The Bertz CT molecular complexity index is 251. The Morgan fingerprint density at radius 3 is 2.81 bits per heavy atom. The molecule has 0 aromatic heterocycles. The van der Waals surface area contributed by atoms with E-state index in [1.54, 1.807) is 0 Å². The van der Waals surface area contributed by atoms with Crippen molar-refractivity contribution in [1.82, 2.24) is 10.6 Å². The summed E-state index contributed by atoms with van der Waals surface area (Å²) < 4.78 is 5.42. The highest BCUT2D eigenvalue weighted by molar-refractivity contribution is 5.82. The summed E-state index contributed by atoms with van der Waals surface area (Å²) in [5, 5.41) is 13.5. The Labute approximate surface area is 94.3 Å². The lowest BCUT2D eigenvalue weighted by atomic mass is 10.1. The van der Waals surface area contributed by atoms with E-state index in [0.717, 1.165) is 25.9 Å². The second-order valence-corrected chi connectivity index (χ2v) is 3.90.